The average Bonchev–Trinajstić information content (AvgIpc) is 3.44. The normalized spacial score (nSPS) is 12.9. The van der Waals surface area contributed by atoms with Gasteiger partial charge in [-0.2, -0.15) is 0 Å². The Kier molecular flexibility index (Phi) is 61.6. The Morgan fingerprint density at radius 2 is 0.667 bits per heavy atom. The molecule has 0 rings (SSSR count). The van der Waals surface area contributed by atoms with Crippen molar-refractivity contribution in [2.45, 2.75) is 360 Å². The van der Waals surface area contributed by atoms with Crippen molar-refractivity contribution in [2.24, 2.45) is 0 Å². The number of likely N-dealkylation sites (N-methyl/N-ethyl adjacent to an activating group) is 1. The molecule has 2 atom stereocenters. The summed E-state index contributed by atoms with van der Waals surface area (Å²) in [5.74, 6) is -1.98. The van der Waals surface area contributed by atoms with Crippen molar-refractivity contribution < 1.29 is 42.9 Å². The van der Waals surface area contributed by atoms with Gasteiger partial charge in [0.1, 0.15) is 13.2 Å². The Morgan fingerprint density at radius 1 is 0.370 bits per heavy atom. The quantitative estimate of drug-likeness (QED) is 0.0211. The molecular formula is C72H136NO8+. The van der Waals surface area contributed by atoms with E-state index >= 15 is 0 Å². The Bertz CT molecular complexity index is 1420. The summed E-state index contributed by atoms with van der Waals surface area (Å²) in [5, 5.41) is 9.74. The highest BCUT2D eigenvalue weighted by Gasteiger charge is 2.25. The predicted octanol–water partition coefficient (Wildman–Crippen LogP) is 21.6. The highest BCUT2D eigenvalue weighted by Crippen LogP contribution is 2.19. The molecule has 0 saturated carbocycles. The fraction of sp³-hybridized carbons (Fsp3) is 0.875. The molecule has 9 nitrogen and oxygen atoms in total. The molecule has 0 bridgehead atoms. The number of esters is 2. The van der Waals surface area contributed by atoms with Gasteiger partial charge in [0, 0.05) is 12.8 Å². The number of hydrogen-bond donors (Lipinski definition) is 1. The molecule has 0 aromatic heterocycles. The number of rotatable bonds is 66. The fourth-order valence-electron chi connectivity index (χ4n) is 10.5. The summed E-state index contributed by atoms with van der Waals surface area (Å²) in [7, 11) is 5.99. The van der Waals surface area contributed by atoms with Crippen molar-refractivity contribution in [1.29, 1.82) is 0 Å². The summed E-state index contributed by atoms with van der Waals surface area (Å²) in [6.45, 7) is 4.93. The minimum atomic E-state index is -1.51. The molecule has 0 aromatic carbocycles. The Balaban J connectivity index is 4.08. The molecule has 0 aliphatic rings. The van der Waals surface area contributed by atoms with Crippen molar-refractivity contribution in [2.75, 3.05) is 47.5 Å². The molecule has 0 aliphatic carbocycles. The average molecular weight is 1140 g/mol. The van der Waals surface area contributed by atoms with E-state index in [1.54, 1.807) is 0 Å². The number of carbonyl (C=O) groups excluding carboxylic acids is 2. The number of carboxylic acids is 1. The zero-order valence-corrected chi connectivity index (χ0v) is 54.5. The van der Waals surface area contributed by atoms with Gasteiger partial charge in [-0.1, -0.05) is 320 Å². The number of nitrogens with zero attached hydrogens (tertiary/aromatic N) is 1. The maximum absolute atomic E-state index is 12.9. The molecule has 9 heteroatoms. The van der Waals surface area contributed by atoms with Crippen LogP contribution in [-0.4, -0.2) is 87.4 Å². The van der Waals surface area contributed by atoms with Crippen LogP contribution in [-0.2, 0) is 33.3 Å². The van der Waals surface area contributed by atoms with E-state index in [1.807, 2.05) is 21.1 Å². The Morgan fingerprint density at radius 3 is 0.988 bits per heavy atom. The lowest BCUT2D eigenvalue weighted by Gasteiger charge is -2.25. The van der Waals surface area contributed by atoms with Crippen LogP contribution >= 0.6 is 0 Å². The topological polar surface area (TPSA) is 108 Å². The number of aliphatic carboxylic acids is 1. The number of carboxylic acid groups (broad SMARTS) is 1. The molecule has 0 saturated heterocycles. The smallest absolute Gasteiger partial charge is 0.361 e. The standard InChI is InChI=1S/C72H135NO8/c1-6-8-10-12-14-16-18-20-22-24-26-28-30-32-33-34-35-36-37-39-41-43-45-47-49-51-53-55-57-59-61-63-70(75)81-68(67-80-72(71(76)77)78-65-64-73(3,4)5)66-79-69(74)62-60-58-56-54-52-50-48-46-44-42-40-38-31-29-27-25-23-21-19-17-15-13-11-9-7-2/h18,20,24,26,30,32,68,72H,6-17,19,21-23,25,27-29,31,33-67H2,1-5H3/p+1/b20-18-,26-24-,32-30-. The van der Waals surface area contributed by atoms with Gasteiger partial charge in [0.25, 0.3) is 6.29 Å². The van der Waals surface area contributed by atoms with E-state index in [1.165, 1.54) is 270 Å². The van der Waals surface area contributed by atoms with Gasteiger partial charge in [0.05, 0.1) is 34.4 Å². The van der Waals surface area contributed by atoms with E-state index in [4.69, 9.17) is 18.9 Å². The van der Waals surface area contributed by atoms with Gasteiger partial charge in [-0.15, -0.1) is 0 Å². The van der Waals surface area contributed by atoms with Gasteiger partial charge >= 0.3 is 17.9 Å². The molecule has 0 aliphatic heterocycles. The van der Waals surface area contributed by atoms with Gasteiger partial charge in [-0.25, -0.2) is 4.79 Å². The Labute approximate surface area is 502 Å². The van der Waals surface area contributed by atoms with Gasteiger partial charge < -0.3 is 28.5 Å². The van der Waals surface area contributed by atoms with Crippen molar-refractivity contribution in [3.05, 3.63) is 36.5 Å². The number of ether oxygens (including phenoxy) is 4. The lowest BCUT2D eigenvalue weighted by Crippen LogP contribution is -2.40. The fourth-order valence-corrected chi connectivity index (χ4v) is 10.5. The van der Waals surface area contributed by atoms with E-state index in [9.17, 15) is 19.5 Å². The third-order valence-corrected chi connectivity index (χ3v) is 15.9. The number of carbonyl (C=O) groups is 3. The highest BCUT2D eigenvalue weighted by molar-refractivity contribution is 5.71. The van der Waals surface area contributed by atoms with Crippen molar-refractivity contribution in [3.63, 3.8) is 0 Å². The zero-order valence-electron chi connectivity index (χ0n) is 54.5. The number of hydrogen-bond acceptors (Lipinski definition) is 7. The van der Waals surface area contributed by atoms with E-state index in [0.717, 1.165) is 51.4 Å². The lowest BCUT2D eigenvalue weighted by molar-refractivity contribution is -0.870. The van der Waals surface area contributed by atoms with Crippen LogP contribution in [0.3, 0.4) is 0 Å². The third kappa shape index (κ3) is 64.9. The van der Waals surface area contributed by atoms with Gasteiger partial charge in [0.2, 0.25) is 0 Å². The van der Waals surface area contributed by atoms with Crippen LogP contribution < -0.4 is 0 Å². The molecule has 0 fully saturated rings. The summed E-state index contributed by atoms with van der Waals surface area (Å²) in [6, 6.07) is 0. The second-order valence-electron chi connectivity index (χ2n) is 25.2. The first-order valence-electron chi connectivity index (χ1n) is 35.2. The molecule has 81 heavy (non-hydrogen) atoms. The number of allylic oxidation sites excluding steroid dienone is 6. The third-order valence-electron chi connectivity index (χ3n) is 15.9. The zero-order chi connectivity index (χ0) is 59.1. The number of quaternary nitrogens is 1. The lowest BCUT2D eigenvalue weighted by atomic mass is 10.0. The van der Waals surface area contributed by atoms with Gasteiger partial charge in [-0.3, -0.25) is 9.59 Å². The molecule has 476 valence electrons. The summed E-state index contributed by atoms with van der Waals surface area (Å²) >= 11 is 0. The largest absolute Gasteiger partial charge is 0.477 e. The maximum Gasteiger partial charge on any atom is 0.361 e. The maximum atomic E-state index is 12.9. The Hall–Kier alpha value is -2.49. The van der Waals surface area contributed by atoms with E-state index < -0.39 is 18.4 Å². The molecule has 0 heterocycles. The molecule has 0 aromatic rings. The summed E-state index contributed by atoms with van der Waals surface area (Å²) in [4.78, 5) is 37.6. The van der Waals surface area contributed by atoms with Crippen LogP contribution in [0.1, 0.15) is 348 Å². The SMILES string of the molecule is CCCCCCC/C=C\C/C=C\C/C=C\CCCCCCCCCCCCCCCCCCC(=O)OC(COC(=O)CCCCCCCCCCCCCCCCCCCCCCCCCCC)COC(OCC[N+](C)(C)C)C(=O)O. The van der Waals surface area contributed by atoms with Crippen LogP contribution in [0.15, 0.2) is 36.5 Å². The van der Waals surface area contributed by atoms with E-state index in [2.05, 4.69) is 50.3 Å². The first kappa shape index (κ1) is 78.5. The van der Waals surface area contributed by atoms with Gasteiger partial charge in [0.15, 0.2) is 6.10 Å². The monoisotopic (exact) mass is 1140 g/mol. The molecule has 2 unspecified atom stereocenters. The molecule has 0 radical (unpaired) electrons. The second kappa shape index (κ2) is 63.5. The predicted molar refractivity (Wildman–Crippen MR) is 346 cm³/mol. The van der Waals surface area contributed by atoms with Gasteiger partial charge in [-0.05, 0) is 51.4 Å². The molecular weight excluding hydrogens is 1010 g/mol. The summed E-state index contributed by atoms with van der Waals surface area (Å²) in [5.41, 5.74) is 0. The first-order valence-corrected chi connectivity index (χ1v) is 35.2. The van der Waals surface area contributed by atoms with E-state index in [0.29, 0.717) is 17.4 Å². The van der Waals surface area contributed by atoms with Crippen molar-refractivity contribution in [3.8, 4) is 0 Å². The molecule has 0 spiro atoms. The van der Waals surface area contributed by atoms with Crippen LogP contribution in [0, 0.1) is 0 Å². The second-order valence-corrected chi connectivity index (χ2v) is 25.2. The van der Waals surface area contributed by atoms with Crippen LogP contribution in [0.5, 0.6) is 0 Å². The van der Waals surface area contributed by atoms with Crippen LogP contribution in [0.25, 0.3) is 0 Å². The first-order chi connectivity index (χ1) is 39.6. The van der Waals surface area contributed by atoms with Crippen LogP contribution in [0.2, 0.25) is 0 Å². The van der Waals surface area contributed by atoms with Crippen LogP contribution in [0.4, 0.5) is 0 Å². The molecule has 1 N–H and O–H groups in total. The van der Waals surface area contributed by atoms with Crippen molar-refractivity contribution in [1.82, 2.24) is 0 Å². The minimum absolute atomic E-state index is 0.176. The summed E-state index contributed by atoms with van der Waals surface area (Å²) < 4.78 is 23.0. The number of unbranched alkanes of at least 4 members (excludes halogenated alkanes) is 45. The summed E-state index contributed by atoms with van der Waals surface area (Å²) in [6.07, 6.45) is 76.9. The molecule has 0 amide bonds. The van der Waals surface area contributed by atoms with Crippen molar-refractivity contribution >= 4 is 17.9 Å². The highest BCUT2D eigenvalue weighted by atomic mass is 16.7. The van der Waals surface area contributed by atoms with E-state index in [-0.39, 0.29) is 38.2 Å². The minimum Gasteiger partial charge on any atom is -0.477 e.